The minimum absolute atomic E-state index is 0.0776. The molecule has 122 valence electrons. The highest BCUT2D eigenvalue weighted by molar-refractivity contribution is 6.12. The van der Waals surface area contributed by atoms with E-state index >= 15 is 0 Å². The maximum absolute atomic E-state index is 14.4. The van der Waals surface area contributed by atoms with Crippen molar-refractivity contribution < 1.29 is 18.4 Å². The number of carbonyl (C=O) groups excluding carboxylic acids is 2. The molecule has 0 saturated carbocycles. The summed E-state index contributed by atoms with van der Waals surface area (Å²) in [5.41, 5.74) is 1.17. The average molecular weight is 328 g/mol. The number of benzene rings is 2. The molecular formula is C18H14F2N2O2. The van der Waals surface area contributed by atoms with Crippen LogP contribution in [0.5, 0.6) is 0 Å². The Labute approximate surface area is 137 Å². The number of carbonyl (C=O) groups is 2. The molecular weight excluding hydrogens is 314 g/mol. The van der Waals surface area contributed by atoms with Gasteiger partial charge in [0, 0.05) is 18.2 Å². The molecule has 0 heterocycles. The quantitative estimate of drug-likeness (QED) is 0.693. The molecule has 0 aliphatic carbocycles. The number of nitrogens with one attached hydrogen (secondary N) is 1. The standard InChI is InChI=1S/C18H14F2N2O2/c1-10-7-12(19)4-6-13(10)14-5-3-11(8-16(14)20)17(23)15(9-21)18(24)22-2/h3-8,15H,1-2H3,(H,22,24). The average Bonchev–Trinajstić information content (AvgIpc) is 2.55. The van der Waals surface area contributed by atoms with Crippen LogP contribution in [-0.2, 0) is 4.79 Å². The van der Waals surface area contributed by atoms with Crippen LogP contribution in [0.1, 0.15) is 15.9 Å². The second-order valence-corrected chi connectivity index (χ2v) is 5.19. The fourth-order valence-electron chi connectivity index (χ4n) is 2.36. The first-order valence-corrected chi connectivity index (χ1v) is 7.10. The van der Waals surface area contributed by atoms with Crippen molar-refractivity contribution >= 4 is 11.7 Å². The van der Waals surface area contributed by atoms with E-state index in [1.807, 2.05) is 0 Å². The number of nitriles is 1. The number of nitrogens with zero attached hydrogens (tertiary/aromatic N) is 1. The van der Waals surface area contributed by atoms with Gasteiger partial charge in [-0.1, -0.05) is 18.2 Å². The van der Waals surface area contributed by atoms with E-state index in [4.69, 9.17) is 5.26 Å². The maximum Gasteiger partial charge on any atom is 0.245 e. The lowest BCUT2D eigenvalue weighted by Gasteiger charge is -2.10. The molecule has 0 aliphatic heterocycles. The lowest BCUT2D eigenvalue weighted by Crippen LogP contribution is -2.32. The molecule has 0 spiro atoms. The summed E-state index contributed by atoms with van der Waals surface area (Å²) in [7, 11) is 1.31. The minimum atomic E-state index is -1.53. The van der Waals surface area contributed by atoms with Crippen molar-refractivity contribution in [2.24, 2.45) is 5.92 Å². The molecule has 1 unspecified atom stereocenters. The molecule has 4 nitrogen and oxygen atoms in total. The number of halogens is 2. The fraction of sp³-hybridized carbons (Fsp3) is 0.167. The molecule has 0 fully saturated rings. The number of hydrogen-bond acceptors (Lipinski definition) is 3. The van der Waals surface area contributed by atoms with E-state index in [1.54, 1.807) is 13.0 Å². The Morgan fingerprint density at radius 1 is 1.12 bits per heavy atom. The van der Waals surface area contributed by atoms with E-state index in [0.717, 1.165) is 6.07 Å². The Morgan fingerprint density at radius 3 is 2.33 bits per heavy atom. The topological polar surface area (TPSA) is 70.0 Å². The first-order valence-electron chi connectivity index (χ1n) is 7.10. The summed E-state index contributed by atoms with van der Waals surface area (Å²) in [6.07, 6.45) is 0. The van der Waals surface area contributed by atoms with E-state index in [2.05, 4.69) is 5.32 Å². The lowest BCUT2D eigenvalue weighted by molar-refractivity contribution is -0.121. The predicted octanol–water partition coefficient (Wildman–Crippen LogP) is 3.01. The van der Waals surface area contributed by atoms with Gasteiger partial charge in [-0.25, -0.2) is 8.78 Å². The van der Waals surface area contributed by atoms with E-state index in [9.17, 15) is 18.4 Å². The van der Waals surface area contributed by atoms with Gasteiger partial charge < -0.3 is 5.32 Å². The summed E-state index contributed by atoms with van der Waals surface area (Å²) in [6.45, 7) is 1.65. The van der Waals surface area contributed by atoms with Crippen LogP contribution in [0.3, 0.4) is 0 Å². The molecule has 1 N–H and O–H groups in total. The zero-order valence-electron chi connectivity index (χ0n) is 13.1. The van der Waals surface area contributed by atoms with Crippen LogP contribution in [-0.4, -0.2) is 18.7 Å². The van der Waals surface area contributed by atoms with E-state index < -0.39 is 29.2 Å². The number of rotatable bonds is 4. The highest BCUT2D eigenvalue weighted by Crippen LogP contribution is 2.28. The van der Waals surface area contributed by atoms with Crippen molar-refractivity contribution in [2.75, 3.05) is 7.05 Å². The van der Waals surface area contributed by atoms with Crippen molar-refractivity contribution in [2.45, 2.75) is 6.92 Å². The molecule has 1 amide bonds. The Hall–Kier alpha value is -3.07. The van der Waals surface area contributed by atoms with Crippen LogP contribution in [0.15, 0.2) is 36.4 Å². The molecule has 2 aromatic rings. The SMILES string of the molecule is CNC(=O)C(C#N)C(=O)c1ccc(-c2ccc(F)cc2C)c(F)c1. The molecule has 0 aromatic heterocycles. The first-order chi connectivity index (χ1) is 11.4. The van der Waals surface area contributed by atoms with Gasteiger partial charge in [0.05, 0.1) is 6.07 Å². The highest BCUT2D eigenvalue weighted by Gasteiger charge is 2.27. The van der Waals surface area contributed by atoms with Gasteiger partial charge in [0.15, 0.2) is 11.7 Å². The van der Waals surface area contributed by atoms with Crippen molar-refractivity contribution in [3.05, 3.63) is 59.2 Å². The summed E-state index contributed by atoms with van der Waals surface area (Å²) in [6, 6.07) is 9.26. The summed E-state index contributed by atoms with van der Waals surface area (Å²) < 4.78 is 27.6. The van der Waals surface area contributed by atoms with Gasteiger partial charge in [-0.3, -0.25) is 9.59 Å². The van der Waals surface area contributed by atoms with Gasteiger partial charge in [-0.05, 0) is 36.2 Å². The van der Waals surface area contributed by atoms with E-state index in [-0.39, 0.29) is 11.1 Å². The molecule has 0 bridgehead atoms. The van der Waals surface area contributed by atoms with E-state index in [0.29, 0.717) is 11.1 Å². The van der Waals surface area contributed by atoms with Crippen LogP contribution in [0.4, 0.5) is 8.78 Å². The molecule has 6 heteroatoms. The van der Waals surface area contributed by atoms with Gasteiger partial charge in [0.2, 0.25) is 5.91 Å². The second-order valence-electron chi connectivity index (χ2n) is 5.19. The number of hydrogen-bond donors (Lipinski definition) is 1. The highest BCUT2D eigenvalue weighted by atomic mass is 19.1. The largest absolute Gasteiger partial charge is 0.358 e. The van der Waals surface area contributed by atoms with Gasteiger partial charge in [0.25, 0.3) is 0 Å². The van der Waals surface area contributed by atoms with E-state index in [1.165, 1.54) is 37.4 Å². The lowest BCUT2D eigenvalue weighted by atomic mass is 9.94. The van der Waals surface area contributed by atoms with Crippen LogP contribution in [0.25, 0.3) is 11.1 Å². The zero-order chi connectivity index (χ0) is 17.9. The third-order valence-corrected chi connectivity index (χ3v) is 3.63. The third kappa shape index (κ3) is 3.30. The Balaban J connectivity index is 2.42. The molecule has 0 saturated heterocycles. The summed E-state index contributed by atoms with van der Waals surface area (Å²) in [5.74, 6) is -4.18. The molecule has 2 rings (SSSR count). The monoisotopic (exact) mass is 328 g/mol. The number of amides is 1. The number of Topliss-reactive ketones (excluding diaryl/α,β-unsaturated/α-hetero) is 1. The number of ketones is 1. The van der Waals surface area contributed by atoms with Crippen molar-refractivity contribution in [3.63, 3.8) is 0 Å². The Kier molecular flexibility index (Phi) is 5.05. The molecule has 0 radical (unpaired) electrons. The summed E-state index contributed by atoms with van der Waals surface area (Å²) >= 11 is 0. The summed E-state index contributed by atoms with van der Waals surface area (Å²) in [4.78, 5) is 23.7. The summed E-state index contributed by atoms with van der Waals surface area (Å²) in [5, 5.41) is 11.2. The molecule has 2 aromatic carbocycles. The smallest absolute Gasteiger partial charge is 0.245 e. The Morgan fingerprint density at radius 2 is 1.79 bits per heavy atom. The second kappa shape index (κ2) is 7.01. The van der Waals surface area contributed by atoms with Crippen molar-refractivity contribution in [3.8, 4) is 17.2 Å². The minimum Gasteiger partial charge on any atom is -0.358 e. The van der Waals surface area contributed by atoms with Gasteiger partial charge in [-0.15, -0.1) is 0 Å². The molecule has 0 aliphatic rings. The van der Waals surface area contributed by atoms with Gasteiger partial charge in [-0.2, -0.15) is 5.26 Å². The number of aryl methyl sites for hydroxylation is 1. The third-order valence-electron chi connectivity index (χ3n) is 3.63. The van der Waals surface area contributed by atoms with Crippen LogP contribution in [0.2, 0.25) is 0 Å². The molecule has 1 atom stereocenters. The molecule has 24 heavy (non-hydrogen) atoms. The Bertz CT molecular complexity index is 857. The van der Waals surface area contributed by atoms with Crippen molar-refractivity contribution in [1.29, 1.82) is 5.26 Å². The fourth-order valence-corrected chi connectivity index (χ4v) is 2.36. The zero-order valence-corrected chi connectivity index (χ0v) is 13.1. The predicted molar refractivity (Wildman–Crippen MR) is 84.0 cm³/mol. The van der Waals surface area contributed by atoms with Crippen LogP contribution < -0.4 is 5.32 Å². The normalized spacial score (nSPS) is 11.5. The first kappa shape index (κ1) is 17.3. The van der Waals surface area contributed by atoms with Crippen LogP contribution in [0, 0.1) is 35.8 Å². The van der Waals surface area contributed by atoms with Gasteiger partial charge >= 0.3 is 0 Å². The maximum atomic E-state index is 14.4. The van der Waals surface area contributed by atoms with Crippen LogP contribution >= 0.6 is 0 Å². The van der Waals surface area contributed by atoms with Crippen molar-refractivity contribution in [1.82, 2.24) is 5.32 Å². The van der Waals surface area contributed by atoms with Gasteiger partial charge in [0.1, 0.15) is 11.6 Å².